The van der Waals surface area contributed by atoms with Crippen LogP contribution in [0.5, 0.6) is 0 Å². The highest BCUT2D eigenvalue weighted by molar-refractivity contribution is 9.10. The Balaban J connectivity index is 2.94. The van der Waals surface area contributed by atoms with Crippen LogP contribution in [-0.2, 0) is 10.0 Å². The lowest BCUT2D eigenvalue weighted by molar-refractivity contribution is -0.122. The summed E-state index contributed by atoms with van der Waals surface area (Å²) in [4.78, 5) is -0.902. The van der Waals surface area contributed by atoms with Crippen LogP contribution < -0.4 is 4.72 Å². The summed E-state index contributed by atoms with van der Waals surface area (Å²) in [6.07, 6.45) is -4.02. The van der Waals surface area contributed by atoms with Crippen LogP contribution in [0, 0.1) is 5.82 Å². The molecule has 19 heavy (non-hydrogen) atoms. The molecule has 1 aromatic rings. The second-order valence-electron chi connectivity index (χ2n) is 3.46. The molecular formula is C9H7BrF5NO2S. The van der Waals surface area contributed by atoms with Crippen molar-refractivity contribution < 1.29 is 30.4 Å². The van der Waals surface area contributed by atoms with Crippen LogP contribution in [0.1, 0.15) is 0 Å². The molecule has 1 aromatic carbocycles. The summed E-state index contributed by atoms with van der Waals surface area (Å²) >= 11 is 2.88. The zero-order valence-corrected chi connectivity index (χ0v) is 11.4. The maximum atomic E-state index is 13.3. The predicted molar refractivity (Wildman–Crippen MR) is 60.2 cm³/mol. The first-order valence-corrected chi connectivity index (χ1v) is 6.94. The van der Waals surface area contributed by atoms with Gasteiger partial charge in [-0.25, -0.2) is 26.3 Å². The minimum atomic E-state index is -4.63. The minimum absolute atomic E-state index is 0.238. The average Bonchev–Trinajstić information content (AvgIpc) is 2.26. The van der Waals surface area contributed by atoms with Gasteiger partial charge in [0.25, 0.3) is 0 Å². The third-order valence-electron chi connectivity index (χ3n) is 2.00. The largest absolute Gasteiger partial charge is 0.320 e. The van der Waals surface area contributed by atoms with E-state index in [1.807, 2.05) is 0 Å². The fraction of sp³-hybridized carbons (Fsp3) is 0.333. The van der Waals surface area contributed by atoms with Crippen molar-refractivity contribution in [2.75, 3.05) is 6.54 Å². The number of rotatable bonds is 5. The molecule has 3 nitrogen and oxygen atoms in total. The Kier molecular flexibility index (Phi) is 4.91. The van der Waals surface area contributed by atoms with Crippen molar-refractivity contribution in [3.8, 4) is 0 Å². The van der Waals surface area contributed by atoms with E-state index in [0.29, 0.717) is 0 Å². The molecule has 0 heterocycles. The maximum Gasteiger partial charge on any atom is 0.320 e. The molecule has 0 aliphatic carbocycles. The van der Waals surface area contributed by atoms with Crippen LogP contribution in [0.15, 0.2) is 27.6 Å². The second kappa shape index (κ2) is 5.71. The van der Waals surface area contributed by atoms with Crippen LogP contribution in [0.25, 0.3) is 0 Å². The van der Waals surface area contributed by atoms with Gasteiger partial charge < -0.3 is 0 Å². The van der Waals surface area contributed by atoms with Gasteiger partial charge >= 0.3 is 12.3 Å². The summed E-state index contributed by atoms with van der Waals surface area (Å²) < 4.78 is 86.7. The van der Waals surface area contributed by atoms with E-state index in [2.05, 4.69) is 15.9 Å². The molecule has 1 rings (SSSR count). The highest BCUT2D eigenvalue weighted by Gasteiger charge is 2.41. The second-order valence-corrected chi connectivity index (χ2v) is 6.11. The van der Waals surface area contributed by atoms with E-state index in [1.165, 1.54) is 10.8 Å². The van der Waals surface area contributed by atoms with Crippen molar-refractivity contribution in [1.82, 2.24) is 4.72 Å². The average molecular weight is 368 g/mol. The topological polar surface area (TPSA) is 46.2 Å². The van der Waals surface area contributed by atoms with Gasteiger partial charge in [-0.3, -0.25) is 0 Å². The third-order valence-corrected chi connectivity index (χ3v) is 3.93. The zero-order valence-electron chi connectivity index (χ0n) is 9.01. The summed E-state index contributed by atoms with van der Waals surface area (Å²) in [5.41, 5.74) is 0. The molecule has 0 fully saturated rings. The van der Waals surface area contributed by atoms with Crippen LogP contribution in [0.3, 0.4) is 0 Å². The number of hydrogen-bond donors (Lipinski definition) is 1. The standard InChI is InChI=1S/C9H7BrF5NO2S/c10-5-1-2-7(6(11)3-5)19(17,18)16-4-9(14,15)8(12)13/h1-3,8,16H,4H2. The Morgan fingerprint density at radius 2 is 1.89 bits per heavy atom. The van der Waals surface area contributed by atoms with E-state index in [4.69, 9.17) is 0 Å². The van der Waals surface area contributed by atoms with Crippen molar-refractivity contribution in [2.24, 2.45) is 0 Å². The molecule has 1 N–H and O–H groups in total. The molecular weight excluding hydrogens is 361 g/mol. The first kappa shape index (κ1) is 16.3. The highest BCUT2D eigenvalue weighted by Crippen LogP contribution is 2.23. The van der Waals surface area contributed by atoms with Gasteiger partial charge in [0.2, 0.25) is 10.0 Å². The van der Waals surface area contributed by atoms with Crippen LogP contribution in [0.2, 0.25) is 0 Å². The molecule has 0 saturated heterocycles. The monoisotopic (exact) mass is 367 g/mol. The van der Waals surface area contributed by atoms with Gasteiger partial charge in [0.1, 0.15) is 10.7 Å². The van der Waals surface area contributed by atoms with Gasteiger partial charge in [-0.2, -0.15) is 8.78 Å². The Labute approximate surface area is 114 Å². The van der Waals surface area contributed by atoms with Gasteiger partial charge in [-0.05, 0) is 18.2 Å². The molecule has 0 aliphatic rings. The number of alkyl halides is 4. The number of benzene rings is 1. The molecule has 0 unspecified atom stereocenters. The van der Waals surface area contributed by atoms with Gasteiger partial charge in [0.05, 0.1) is 6.54 Å². The molecule has 0 aliphatic heterocycles. The maximum absolute atomic E-state index is 13.3. The lowest BCUT2D eigenvalue weighted by Gasteiger charge is -2.16. The van der Waals surface area contributed by atoms with Gasteiger partial charge in [0.15, 0.2) is 0 Å². The van der Waals surface area contributed by atoms with Crippen LogP contribution in [-0.4, -0.2) is 27.3 Å². The van der Waals surface area contributed by atoms with E-state index in [0.717, 1.165) is 12.1 Å². The number of hydrogen-bond acceptors (Lipinski definition) is 2. The molecule has 0 radical (unpaired) electrons. The highest BCUT2D eigenvalue weighted by atomic mass is 79.9. The smallest absolute Gasteiger partial charge is 0.207 e. The Morgan fingerprint density at radius 1 is 1.32 bits per heavy atom. The summed E-state index contributed by atoms with van der Waals surface area (Å²) in [7, 11) is -4.63. The van der Waals surface area contributed by atoms with Crippen molar-refractivity contribution in [1.29, 1.82) is 0 Å². The summed E-state index contributed by atoms with van der Waals surface area (Å²) in [5, 5.41) is 0. The first-order chi connectivity index (χ1) is 8.56. The summed E-state index contributed by atoms with van der Waals surface area (Å²) in [5.74, 6) is -5.72. The van der Waals surface area contributed by atoms with E-state index in [9.17, 15) is 30.4 Å². The lowest BCUT2D eigenvalue weighted by atomic mass is 10.3. The molecule has 0 saturated carbocycles. The Hall–Kier alpha value is -0.740. The zero-order chi connectivity index (χ0) is 14.8. The van der Waals surface area contributed by atoms with Gasteiger partial charge in [0, 0.05) is 4.47 Å². The quantitative estimate of drug-likeness (QED) is 0.813. The van der Waals surface area contributed by atoms with Gasteiger partial charge in [-0.15, -0.1) is 0 Å². The minimum Gasteiger partial charge on any atom is -0.207 e. The van der Waals surface area contributed by atoms with Gasteiger partial charge in [-0.1, -0.05) is 15.9 Å². The van der Waals surface area contributed by atoms with E-state index in [-0.39, 0.29) is 4.47 Å². The predicted octanol–water partition coefficient (Wildman–Crippen LogP) is 2.77. The third kappa shape index (κ3) is 4.11. The molecule has 0 amide bonds. The first-order valence-electron chi connectivity index (χ1n) is 4.67. The molecule has 0 aromatic heterocycles. The summed E-state index contributed by atoms with van der Waals surface area (Å²) in [6, 6.07) is 2.80. The van der Waals surface area contributed by atoms with Crippen molar-refractivity contribution in [3.05, 3.63) is 28.5 Å². The van der Waals surface area contributed by atoms with Crippen LogP contribution >= 0.6 is 15.9 Å². The fourth-order valence-corrected chi connectivity index (χ4v) is 2.47. The van der Waals surface area contributed by atoms with E-state index in [1.54, 1.807) is 0 Å². The van der Waals surface area contributed by atoms with Crippen molar-refractivity contribution in [3.63, 3.8) is 0 Å². The molecule has 108 valence electrons. The van der Waals surface area contributed by atoms with Crippen molar-refractivity contribution >= 4 is 26.0 Å². The fourth-order valence-electron chi connectivity index (χ4n) is 1.04. The Morgan fingerprint density at radius 3 is 2.37 bits per heavy atom. The SMILES string of the molecule is O=S(=O)(NCC(F)(F)C(F)F)c1ccc(Br)cc1F. The van der Waals surface area contributed by atoms with Crippen LogP contribution in [0.4, 0.5) is 22.0 Å². The van der Waals surface area contributed by atoms with Crippen molar-refractivity contribution in [2.45, 2.75) is 17.2 Å². The normalized spacial score (nSPS) is 13.0. The Bertz CT molecular complexity index is 564. The lowest BCUT2D eigenvalue weighted by Crippen LogP contribution is -2.41. The summed E-state index contributed by atoms with van der Waals surface area (Å²) in [6.45, 7) is -1.82. The molecule has 0 atom stereocenters. The van der Waals surface area contributed by atoms with E-state index < -0.39 is 39.6 Å². The molecule has 0 bridgehead atoms. The van der Waals surface area contributed by atoms with E-state index >= 15 is 0 Å². The number of sulfonamides is 1. The molecule has 10 heteroatoms. The molecule has 0 spiro atoms. The number of nitrogens with one attached hydrogen (secondary N) is 1. The number of halogens is 6.